The predicted molar refractivity (Wildman–Crippen MR) is 131 cm³/mol. The van der Waals surface area contributed by atoms with Crippen LogP contribution in [0.25, 0.3) is 0 Å². The number of carbonyl (C=O) groups is 1. The highest BCUT2D eigenvalue weighted by molar-refractivity contribution is 7.10. The molecule has 0 spiro atoms. The van der Waals surface area contributed by atoms with E-state index < -0.39 is 6.10 Å². The standard InChI is InChI=1S/C25H31ClN2O4S/c1-2-12-31-16-20(29)14-27(19-5-6-19)15-25(30)28-11-9-24-22(10-13-33-24)23(28)17-32-21-7-3-18(26)4-8-21/h2-4,7-8,10,13,19-20,23,29H,1,5-6,9,11-12,14-17H2/t20-,23+/m1/s1. The molecular formula is C25H31ClN2O4S. The van der Waals surface area contributed by atoms with Crippen LogP contribution in [-0.2, 0) is 16.0 Å². The lowest BCUT2D eigenvalue weighted by Crippen LogP contribution is -2.48. The molecule has 1 fully saturated rings. The molecule has 33 heavy (non-hydrogen) atoms. The molecule has 1 aliphatic heterocycles. The molecular weight excluding hydrogens is 460 g/mol. The molecule has 2 atom stereocenters. The van der Waals surface area contributed by atoms with E-state index in [0.29, 0.717) is 43.9 Å². The fourth-order valence-corrected chi connectivity index (χ4v) is 5.29. The number of halogens is 1. The molecule has 1 aliphatic carbocycles. The van der Waals surface area contributed by atoms with Crippen LogP contribution >= 0.6 is 22.9 Å². The van der Waals surface area contributed by atoms with Gasteiger partial charge in [0.25, 0.3) is 0 Å². The Labute approximate surface area is 204 Å². The third-order valence-electron chi connectivity index (χ3n) is 6.03. The highest BCUT2D eigenvalue weighted by Gasteiger charge is 2.36. The zero-order valence-electron chi connectivity index (χ0n) is 18.7. The van der Waals surface area contributed by atoms with Crippen LogP contribution in [0.15, 0.2) is 48.4 Å². The number of benzene rings is 1. The van der Waals surface area contributed by atoms with Crippen LogP contribution in [0.1, 0.15) is 29.3 Å². The molecule has 0 saturated heterocycles. The quantitative estimate of drug-likeness (QED) is 0.361. The molecule has 178 valence electrons. The van der Waals surface area contributed by atoms with Crippen LogP contribution in [0.5, 0.6) is 5.75 Å². The van der Waals surface area contributed by atoms with Gasteiger partial charge in [-0.05, 0) is 60.5 Å². The largest absolute Gasteiger partial charge is 0.491 e. The Bertz CT molecular complexity index is 931. The van der Waals surface area contributed by atoms with E-state index in [9.17, 15) is 9.90 Å². The fraction of sp³-hybridized carbons (Fsp3) is 0.480. The average molecular weight is 491 g/mol. The number of thiophene rings is 1. The van der Waals surface area contributed by atoms with Crippen molar-refractivity contribution in [1.82, 2.24) is 9.80 Å². The van der Waals surface area contributed by atoms with Crippen molar-refractivity contribution in [3.05, 3.63) is 63.8 Å². The highest BCUT2D eigenvalue weighted by Crippen LogP contribution is 2.35. The fourth-order valence-electron chi connectivity index (χ4n) is 4.24. The first-order valence-electron chi connectivity index (χ1n) is 11.4. The second-order valence-electron chi connectivity index (χ2n) is 8.56. The summed E-state index contributed by atoms with van der Waals surface area (Å²) in [6, 6.07) is 9.61. The van der Waals surface area contributed by atoms with Crippen molar-refractivity contribution in [2.24, 2.45) is 0 Å². The first-order valence-corrected chi connectivity index (χ1v) is 12.7. The molecule has 1 aromatic heterocycles. The van der Waals surface area contributed by atoms with E-state index in [0.717, 1.165) is 25.0 Å². The number of amides is 1. The Morgan fingerprint density at radius 1 is 1.33 bits per heavy atom. The van der Waals surface area contributed by atoms with Gasteiger partial charge in [-0.2, -0.15) is 0 Å². The summed E-state index contributed by atoms with van der Waals surface area (Å²) in [6.07, 6.45) is 4.01. The molecule has 1 aromatic carbocycles. The van der Waals surface area contributed by atoms with Gasteiger partial charge in [0.05, 0.1) is 31.9 Å². The van der Waals surface area contributed by atoms with Crippen LogP contribution in [-0.4, -0.2) is 72.4 Å². The van der Waals surface area contributed by atoms with Crippen LogP contribution < -0.4 is 4.74 Å². The van der Waals surface area contributed by atoms with Crippen LogP contribution in [0, 0.1) is 0 Å². The Hall–Kier alpha value is -1.90. The number of ether oxygens (including phenoxy) is 2. The summed E-state index contributed by atoms with van der Waals surface area (Å²) >= 11 is 7.72. The Kier molecular flexibility index (Phi) is 8.44. The van der Waals surface area contributed by atoms with Gasteiger partial charge in [-0.3, -0.25) is 9.69 Å². The second kappa shape index (κ2) is 11.5. The van der Waals surface area contributed by atoms with Crippen molar-refractivity contribution in [2.75, 3.05) is 39.5 Å². The SMILES string of the molecule is C=CCOC[C@H](O)CN(CC(=O)N1CCc2sccc2[C@@H]1COc1ccc(Cl)cc1)C1CC1. The van der Waals surface area contributed by atoms with Gasteiger partial charge in [-0.1, -0.05) is 17.7 Å². The Morgan fingerprint density at radius 2 is 2.12 bits per heavy atom. The summed E-state index contributed by atoms with van der Waals surface area (Å²) in [6.45, 7) is 6.05. The number of nitrogens with zero attached hydrogens (tertiary/aromatic N) is 2. The van der Waals surface area contributed by atoms with Crippen LogP contribution in [0.3, 0.4) is 0 Å². The van der Waals surface area contributed by atoms with Crippen LogP contribution in [0.4, 0.5) is 0 Å². The van der Waals surface area contributed by atoms with E-state index in [4.69, 9.17) is 21.1 Å². The number of rotatable bonds is 12. The van der Waals surface area contributed by atoms with E-state index in [-0.39, 0.29) is 18.6 Å². The van der Waals surface area contributed by atoms with Gasteiger partial charge in [-0.25, -0.2) is 0 Å². The lowest BCUT2D eigenvalue weighted by Gasteiger charge is -2.37. The first-order chi connectivity index (χ1) is 16.0. The maximum atomic E-state index is 13.5. The minimum atomic E-state index is -0.632. The number of hydrogen-bond donors (Lipinski definition) is 1. The zero-order chi connectivity index (χ0) is 23.2. The highest BCUT2D eigenvalue weighted by atomic mass is 35.5. The summed E-state index contributed by atoms with van der Waals surface area (Å²) in [4.78, 5) is 18.8. The summed E-state index contributed by atoms with van der Waals surface area (Å²) in [5, 5.41) is 13.1. The zero-order valence-corrected chi connectivity index (χ0v) is 20.3. The summed E-state index contributed by atoms with van der Waals surface area (Å²) in [7, 11) is 0. The topological polar surface area (TPSA) is 62.2 Å². The summed E-state index contributed by atoms with van der Waals surface area (Å²) < 4.78 is 11.4. The monoisotopic (exact) mass is 490 g/mol. The molecule has 8 heteroatoms. The molecule has 0 bridgehead atoms. The molecule has 6 nitrogen and oxygen atoms in total. The molecule has 2 aromatic rings. The number of aliphatic hydroxyl groups is 1. The van der Waals surface area contributed by atoms with Gasteiger partial charge in [0.15, 0.2) is 0 Å². The van der Waals surface area contributed by atoms with E-state index in [1.165, 1.54) is 10.4 Å². The van der Waals surface area contributed by atoms with Gasteiger partial charge >= 0.3 is 0 Å². The van der Waals surface area contributed by atoms with Gasteiger partial charge in [0.2, 0.25) is 5.91 Å². The minimum absolute atomic E-state index is 0.0719. The van der Waals surface area contributed by atoms with Gasteiger partial charge in [0.1, 0.15) is 12.4 Å². The average Bonchev–Trinajstić information content (AvgIpc) is 3.55. The summed E-state index contributed by atoms with van der Waals surface area (Å²) in [5.41, 5.74) is 1.17. The lowest BCUT2D eigenvalue weighted by atomic mass is 10.0. The number of hydrogen-bond acceptors (Lipinski definition) is 6. The molecule has 0 radical (unpaired) electrons. The van der Waals surface area contributed by atoms with Crippen molar-refractivity contribution < 1.29 is 19.4 Å². The Balaban J connectivity index is 1.41. The molecule has 1 N–H and O–H groups in total. The first kappa shape index (κ1) is 24.2. The maximum Gasteiger partial charge on any atom is 0.237 e. The minimum Gasteiger partial charge on any atom is -0.491 e. The van der Waals surface area contributed by atoms with Gasteiger partial charge in [-0.15, -0.1) is 17.9 Å². The molecule has 2 aliphatic rings. The third-order valence-corrected chi connectivity index (χ3v) is 7.28. The van der Waals surface area contributed by atoms with Crippen molar-refractivity contribution in [3.8, 4) is 5.75 Å². The van der Waals surface area contributed by atoms with Gasteiger partial charge < -0.3 is 19.5 Å². The van der Waals surface area contributed by atoms with Crippen molar-refractivity contribution >= 4 is 28.8 Å². The molecule has 1 amide bonds. The normalized spacial score (nSPS) is 18.8. The maximum absolute atomic E-state index is 13.5. The smallest absolute Gasteiger partial charge is 0.237 e. The van der Waals surface area contributed by atoms with E-state index in [1.807, 2.05) is 17.0 Å². The molecule has 4 rings (SSSR count). The third kappa shape index (κ3) is 6.58. The van der Waals surface area contributed by atoms with Gasteiger partial charge in [0, 0.05) is 29.0 Å². The molecule has 2 heterocycles. The van der Waals surface area contributed by atoms with E-state index in [1.54, 1.807) is 29.5 Å². The second-order valence-corrected chi connectivity index (χ2v) is 9.99. The predicted octanol–water partition coefficient (Wildman–Crippen LogP) is 3.93. The van der Waals surface area contributed by atoms with E-state index >= 15 is 0 Å². The number of fused-ring (bicyclic) bond motifs is 1. The lowest BCUT2D eigenvalue weighted by molar-refractivity contribution is -0.136. The van der Waals surface area contributed by atoms with Crippen LogP contribution in [0.2, 0.25) is 5.02 Å². The van der Waals surface area contributed by atoms with Crippen molar-refractivity contribution in [3.63, 3.8) is 0 Å². The van der Waals surface area contributed by atoms with Crippen molar-refractivity contribution in [2.45, 2.75) is 37.5 Å². The number of carbonyl (C=O) groups excluding carboxylic acids is 1. The number of aliphatic hydroxyl groups excluding tert-OH is 1. The Morgan fingerprint density at radius 3 is 2.85 bits per heavy atom. The summed E-state index contributed by atoms with van der Waals surface area (Å²) in [5.74, 6) is 0.805. The molecule has 1 saturated carbocycles. The van der Waals surface area contributed by atoms with E-state index in [2.05, 4.69) is 22.9 Å². The molecule has 0 unspecified atom stereocenters. The van der Waals surface area contributed by atoms with Crippen molar-refractivity contribution in [1.29, 1.82) is 0 Å².